The Balaban J connectivity index is 1.47. The maximum atomic E-state index is 10.9. The fraction of sp³-hybridized carbons (Fsp3) is 0.360. The molecule has 0 saturated carbocycles. The summed E-state index contributed by atoms with van der Waals surface area (Å²) in [6.45, 7) is 1.92. The third-order valence-corrected chi connectivity index (χ3v) is 6.97. The van der Waals surface area contributed by atoms with Gasteiger partial charge in [0.05, 0.1) is 12.8 Å². The summed E-state index contributed by atoms with van der Waals surface area (Å²) in [5, 5.41) is 5.33. The number of unbranched alkanes of at least 4 members (excludes halogenated alkanes) is 2. The molecule has 0 spiro atoms. The lowest BCUT2D eigenvalue weighted by Crippen LogP contribution is -2.15. The fourth-order valence-corrected chi connectivity index (χ4v) is 4.83. The van der Waals surface area contributed by atoms with Crippen LogP contribution in [0.15, 0.2) is 66.0 Å². The first kappa shape index (κ1) is 24.7. The molecule has 7 heteroatoms. The summed E-state index contributed by atoms with van der Waals surface area (Å²) >= 11 is 1.69. The van der Waals surface area contributed by atoms with Crippen LogP contribution in [0.2, 0.25) is 0 Å². The highest BCUT2D eigenvalue weighted by Gasteiger charge is 2.12. The number of nitrogens with one attached hydrogen (secondary N) is 1. The minimum Gasteiger partial charge on any atom is -0.493 e. The Morgan fingerprint density at radius 2 is 1.75 bits per heavy atom. The molecule has 0 amide bonds. The molecule has 0 aliphatic heterocycles. The minimum absolute atomic E-state index is 0.0848. The van der Waals surface area contributed by atoms with Gasteiger partial charge in [-0.15, -0.1) is 11.3 Å². The molecular weight excluding hydrogens is 441 g/mol. The minimum atomic E-state index is -3.91. The molecule has 0 unspecified atom stereocenters. The lowest BCUT2D eigenvalue weighted by atomic mass is 10.1. The van der Waals surface area contributed by atoms with E-state index in [-0.39, 0.29) is 6.16 Å². The average molecular weight is 474 g/mol. The van der Waals surface area contributed by atoms with Gasteiger partial charge in [0.25, 0.3) is 0 Å². The highest BCUT2D eigenvalue weighted by atomic mass is 32.1. The first-order valence-electron chi connectivity index (χ1n) is 11.1. The third-order valence-electron chi connectivity index (χ3n) is 5.17. The lowest BCUT2D eigenvalue weighted by molar-refractivity contribution is 0.306. The summed E-state index contributed by atoms with van der Waals surface area (Å²) in [4.78, 5) is 19.1. The van der Waals surface area contributed by atoms with Gasteiger partial charge >= 0.3 is 7.60 Å². The maximum absolute atomic E-state index is 10.9. The van der Waals surface area contributed by atoms with E-state index in [1.165, 1.54) is 10.4 Å². The molecule has 172 valence electrons. The Kier molecular flexibility index (Phi) is 9.97. The molecule has 0 fully saturated rings. The van der Waals surface area contributed by atoms with Gasteiger partial charge < -0.3 is 19.8 Å². The number of benzene rings is 2. The molecule has 0 radical (unpaired) electrons. The Bertz CT molecular complexity index is 973. The number of ether oxygens (including phenoxy) is 1. The van der Waals surface area contributed by atoms with Gasteiger partial charge in [0.2, 0.25) is 0 Å². The fourth-order valence-electron chi connectivity index (χ4n) is 3.51. The molecular formula is C25H32NO4PS. The SMILES string of the molecule is O=P(O)(O)CCCNCc1ccc(OCCCCCc2ccccc2)c(-c2cccs2)c1. The van der Waals surface area contributed by atoms with Crippen molar-refractivity contribution in [2.75, 3.05) is 19.3 Å². The van der Waals surface area contributed by atoms with Crippen molar-refractivity contribution >= 4 is 18.9 Å². The molecule has 32 heavy (non-hydrogen) atoms. The predicted octanol–water partition coefficient (Wildman–Crippen LogP) is 5.86. The number of aryl methyl sites for hydroxylation is 1. The largest absolute Gasteiger partial charge is 0.493 e. The first-order valence-corrected chi connectivity index (χ1v) is 13.8. The van der Waals surface area contributed by atoms with Crippen molar-refractivity contribution in [1.82, 2.24) is 5.32 Å². The normalized spacial score (nSPS) is 11.6. The Morgan fingerprint density at radius 3 is 2.50 bits per heavy atom. The predicted molar refractivity (Wildman–Crippen MR) is 132 cm³/mol. The molecule has 0 bridgehead atoms. The molecule has 0 aliphatic rings. The molecule has 1 heterocycles. The summed E-state index contributed by atoms with van der Waals surface area (Å²) in [5.41, 5.74) is 3.61. The highest BCUT2D eigenvalue weighted by molar-refractivity contribution is 7.51. The standard InChI is InChI=1S/C25H32NO4PS/c27-31(28,29)17-8-15-26-20-22-13-14-24(23(19-22)25-12-7-18-32-25)30-16-6-2-5-11-21-9-3-1-4-10-21/h1,3-4,7,9-10,12-14,18-19,26H,2,5-6,8,11,15-17,20H2,(H2,27,28,29). The summed E-state index contributed by atoms with van der Waals surface area (Å²) in [7, 11) is -3.91. The van der Waals surface area contributed by atoms with Crippen molar-refractivity contribution in [3.63, 3.8) is 0 Å². The molecule has 3 rings (SSSR count). The van der Waals surface area contributed by atoms with Crippen LogP contribution in [0.1, 0.15) is 36.8 Å². The Hall–Kier alpha value is -1.95. The van der Waals surface area contributed by atoms with Gasteiger partial charge in [0.15, 0.2) is 0 Å². The second-order valence-corrected chi connectivity index (χ2v) is 10.6. The van der Waals surface area contributed by atoms with E-state index >= 15 is 0 Å². The maximum Gasteiger partial charge on any atom is 0.325 e. The van der Waals surface area contributed by atoms with Crippen molar-refractivity contribution in [2.45, 2.75) is 38.6 Å². The van der Waals surface area contributed by atoms with Crippen molar-refractivity contribution in [1.29, 1.82) is 0 Å². The van der Waals surface area contributed by atoms with Crippen LogP contribution < -0.4 is 10.1 Å². The summed E-state index contributed by atoms with van der Waals surface area (Å²) in [5.74, 6) is 0.903. The van der Waals surface area contributed by atoms with Crippen LogP contribution in [0.25, 0.3) is 10.4 Å². The smallest absolute Gasteiger partial charge is 0.325 e. The lowest BCUT2D eigenvalue weighted by Gasteiger charge is -2.13. The quantitative estimate of drug-likeness (QED) is 0.202. The van der Waals surface area contributed by atoms with Gasteiger partial charge in [0.1, 0.15) is 5.75 Å². The number of hydrogen-bond donors (Lipinski definition) is 3. The molecule has 0 aliphatic carbocycles. The number of rotatable bonds is 14. The summed E-state index contributed by atoms with van der Waals surface area (Å²) in [6, 6.07) is 21.0. The average Bonchev–Trinajstić information content (AvgIpc) is 3.31. The van der Waals surface area contributed by atoms with Gasteiger partial charge in [-0.25, -0.2) is 0 Å². The van der Waals surface area contributed by atoms with Crippen molar-refractivity contribution < 1.29 is 19.1 Å². The van der Waals surface area contributed by atoms with E-state index in [0.29, 0.717) is 26.1 Å². The highest BCUT2D eigenvalue weighted by Crippen LogP contribution is 2.35. The van der Waals surface area contributed by atoms with E-state index < -0.39 is 7.60 Å². The van der Waals surface area contributed by atoms with Crippen LogP contribution in [-0.2, 0) is 17.5 Å². The van der Waals surface area contributed by atoms with Gasteiger partial charge in [-0.1, -0.05) is 42.5 Å². The van der Waals surface area contributed by atoms with Crippen molar-refractivity contribution in [3.8, 4) is 16.2 Å². The van der Waals surface area contributed by atoms with Crippen LogP contribution >= 0.6 is 18.9 Å². The van der Waals surface area contributed by atoms with E-state index in [1.54, 1.807) is 11.3 Å². The zero-order chi connectivity index (χ0) is 22.7. The van der Waals surface area contributed by atoms with Gasteiger partial charge in [-0.05, 0) is 73.4 Å². The van der Waals surface area contributed by atoms with Crippen molar-refractivity contribution in [2.24, 2.45) is 0 Å². The Labute approximate surface area is 194 Å². The first-order chi connectivity index (χ1) is 15.5. The molecule has 5 nitrogen and oxygen atoms in total. The Morgan fingerprint density at radius 1 is 0.906 bits per heavy atom. The monoisotopic (exact) mass is 473 g/mol. The second kappa shape index (κ2) is 12.9. The molecule has 2 aromatic carbocycles. The van der Waals surface area contributed by atoms with E-state index in [1.807, 2.05) is 12.1 Å². The molecule has 3 N–H and O–H groups in total. The van der Waals surface area contributed by atoms with E-state index in [0.717, 1.165) is 42.6 Å². The van der Waals surface area contributed by atoms with Crippen LogP contribution in [0.4, 0.5) is 0 Å². The van der Waals surface area contributed by atoms with E-state index in [4.69, 9.17) is 14.5 Å². The number of hydrogen-bond acceptors (Lipinski definition) is 4. The third kappa shape index (κ3) is 8.89. The number of thiophene rings is 1. The van der Waals surface area contributed by atoms with Crippen molar-refractivity contribution in [3.05, 3.63) is 77.2 Å². The molecule has 0 saturated heterocycles. The van der Waals surface area contributed by atoms with Crippen LogP contribution in [0.3, 0.4) is 0 Å². The van der Waals surface area contributed by atoms with Crippen LogP contribution in [-0.4, -0.2) is 29.1 Å². The summed E-state index contributed by atoms with van der Waals surface area (Å²) in [6.07, 6.45) is 4.81. The van der Waals surface area contributed by atoms with Gasteiger partial charge in [0, 0.05) is 17.0 Å². The molecule has 0 atom stereocenters. The van der Waals surface area contributed by atoms with Crippen LogP contribution in [0, 0.1) is 0 Å². The molecule has 1 aromatic heterocycles. The zero-order valence-electron chi connectivity index (χ0n) is 18.3. The van der Waals surface area contributed by atoms with E-state index in [9.17, 15) is 4.57 Å². The second-order valence-electron chi connectivity index (χ2n) is 7.87. The van der Waals surface area contributed by atoms with Crippen LogP contribution in [0.5, 0.6) is 5.75 Å². The topological polar surface area (TPSA) is 78.8 Å². The van der Waals surface area contributed by atoms with Gasteiger partial charge in [-0.2, -0.15) is 0 Å². The summed E-state index contributed by atoms with van der Waals surface area (Å²) < 4.78 is 17.1. The molecule has 3 aromatic rings. The van der Waals surface area contributed by atoms with Gasteiger partial charge in [-0.3, -0.25) is 4.57 Å². The zero-order valence-corrected chi connectivity index (χ0v) is 20.0. The van der Waals surface area contributed by atoms with E-state index in [2.05, 4.69) is 59.2 Å².